The standard InChI is InChI=1S/C23H38N4O3/c1-2-3-4-5-6-7-9-18(14-20-12-13-21(28)26-16-20)10-8-11-19(15-22(29)30)17-27-23(24)25/h12-13,15-16,18H,2-11,14,17H2,1H3,(H,26,28)(H,29,30)(H4,24,25,27)/b19-15-/t18-/m1/s1. The van der Waals surface area contributed by atoms with Crippen molar-refractivity contribution in [3.63, 3.8) is 0 Å². The number of hydrogen-bond acceptors (Lipinski definition) is 3. The first-order valence-electron chi connectivity index (χ1n) is 11.1. The molecule has 1 heterocycles. The monoisotopic (exact) mass is 418 g/mol. The molecule has 0 aliphatic heterocycles. The molecular weight excluding hydrogens is 380 g/mol. The van der Waals surface area contributed by atoms with Crippen LogP contribution in [-0.2, 0) is 11.2 Å². The number of guanidine groups is 1. The molecule has 7 heteroatoms. The van der Waals surface area contributed by atoms with Crippen LogP contribution in [0.2, 0.25) is 0 Å². The highest BCUT2D eigenvalue weighted by molar-refractivity contribution is 5.81. The number of aliphatic imine (C=N–C) groups is 1. The van der Waals surface area contributed by atoms with Crippen molar-refractivity contribution in [2.45, 2.75) is 77.6 Å². The second-order valence-electron chi connectivity index (χ2n) is 7.96. The van der Waals surface area contributed by atoms with E-state index in [0.29, 0.717) is 12.3 Å². The number of nitrogens with two attached hydrogens (primary N) is 2. The van der Waals surface area contributed by atoms with Crippen LogP contribution >= 0.6 is 0 Å². The van der Waals surface area contributed by atoms with E-state index in [1.165, 1.54) is 44.6 Å². The molecule has 1 aromatic heterocycles. The van der Waals surface area contributed by atoms with Crippen LogP contribution in [0.25, 0.3) is 0 Å². The van der Waals surface area contributed by atoms with Crippen LogP contribution in [0.3, 0.4) is 0 Å². The molecule has 0 saturated carbocycles. The molecule has 1 atom stereocenters. The Morgan fingerprint density at radius 2 is 1.83 bits per heavy atom. The Morgan fingerprint density at radius 3 is 2.47 bits per heavy atom. The Hall–Kier alpha value is -2.57. The van der Waals surface area contributed by atoms with Gasteiger partial charge in [0.05, 0.1) is 6.54 Å². The SMILES string of the molecule is CCCCCCCC[C@H](CCC/C(=C/C(=O)O)CN=C(N)N)Cc1ccc(=O)[nH]c1. The molecule has 0 spiro atoms. The molecule has 0 radical (unpaired) electrons. The first-order chi connectivity index (χ1) is 14.4. The van der Waals surface area contributed by atoms with Gasteiger partial charge < -0.3 is 21.6 Å². The smallest absolute Gasteiger partial charge is 0.328 e. The van der Waals surface area contributed by atoms with Gasteiger partial charge in [0.15, 0.2) is 5.96 Å². The van der Waals surface area contributed by atoms with Crippen molar-refractivity contribution in [2.24, 2.45) is 22.4 Å². The molecule has 0 aliphatic rings. The zero-order valence-electron chi connectivity index (χ0n) is 18.2. The zero-order chi connectivity index (χ0) is 22.2. The summed E-state index contributed by atoms with van der Waals surface area (Å²) in [6.45, 7) is 2.44. The Kier molecular flexibility index (Phi) is 13.0. The van der Waals surface area contributed by atoms with Crippen LogP contribution in [0.15, 0.2) is 39.8 Å². The number of carboxylic acids is 1. The number of carbonyl (C=O) groups is 1. The summed E-state index contributed by atoms with van der Waals surface area (Å²) in [5.74, 6) is -0.519. The van der Waals surface area contributed by atoms with E-state index in [4.69, 9.17) is 16.6 Å². The lowest BCUT2D eigenvalue weighted by atomic mass is 9.89. The predicted molar refractivity (Wildman–Crippen MR) is 122 cm³/mol. The Bertz CT molecular complexity index is 716. The van der Waals surface area contributed by atoms with Gasteiger partial charge in [-0.3, -0.25) is 4.79 Å². The summed E-state index contributed by atoms with van der Waals surface area (Å²) in [4.78, 5) is 29.1. The van der Waals surface area contributed by atoms with Gasteiger partial charge in [-0.2, -0.15) is 0 Å². The number of rotatable bonds is 16. The first-order valence-corrected chi connectivity index (χ1v) is 11.1. The number of pyridine rings is 1. The Labute approximate surface area is 179 Å². The normalized spacial score (nSPS) is 12.5. The minimum atomic E-state index is -0.979. The molecule has 0 aromatic carbocycles. The van der Waals surface area contributed by atoms with E-state index in [1.54, 1.807) is 12.3 Å². The van der Waals surface area contributed by atoms with E-state index < -0.39 is 5.97 Å². The average molecular weight is 419 g/mol. The second-order valence-corrected chi connectivity index (χ2v) is 7.96. The third kappa shape index (κ3) is 12.8. The van der Waals surface area contributed by atoms with Gasteiger partial charge in [0.2, 0.25) is 5.56 Å². The van der Waals surface area contributed by atoms with Gasteiger partial charge in [0.25, 0.3) is 0 Å². The van der Waals surface area contributed by atoms with Crippen LogP contribution < -0.4 is 17.0 Å². The molecule has 1 aromatic rings. The number of hydrogen-bond donors (Lipinski definition) is 4. The largest absolute Gasteiger partial charge is 0.478 e. The maximum atomic E-state index is 11.3. The van der Waals surface area contributed by atoms with Crippen LogP contribution in [0.4, 0.5) is 0 Å². The van der Waals surface area contributed by atoms with Crippen molar-refractivity contribution >= 4 is 11.9 Å². The summed E-state index contributed by atoms with van der Waals surface area (Å²) in [5, 5.41) is 9.06. The predicted octanol–water partition coefficient (Wildman–Crippen LogP) is 3.74. The fourth-order valence-electron chi connectivity index (χ4n) is 3.65. The number of nitrogens with one attached hydrogen (secondary N) is 1. The van der Waals surface area contributed by atoms with E-state index in [9.17, 15) is 9.59 Å². The molecule has 0 fully saturated rings. The van der Waals surface area contributed by atoms with Crippen LogP contribution in [0, 0.1) is 5.92 Å². The molecule has 0 saturated heterocycles. The van der Waals surface area contributed by atoms with E-state index in [0.717, 1.165) is 36.8 Å². The highest BCUT2D eigenvalue weighted by atomic mass is 16.4. The van der Waals surface area contributed by atoms with Gasteiger partial charge in [-0.25, -0.2) is 9.79 Å². The zero-order valence-corrected chi connectivity index (χ0v) is 18.2. The van der Waals surface area contributed by atoms with E-state index in [2.05, 4.69) is 16.9 Å². The van der Waals surface area contributed by atoms with Crippen molar-refractivity contribution in [1.29, 1.82) is 0 Å². The van der Waals surface area contributed by atoms with E-state index >= 15 is 0 Å². The summed E-state index contributed by atoms with van der Waals surface area (Å²) in [7, 11) is 0. The van der Waals surface area contributed by atoms with Crippen LogP contribution in [-0.4, -0.2) is 28.6 Å². The third-order valence-electron chi connectivity index (χ3n) is 5.24. The van der Waals surface area contributed by atoms with Crippen molar-refractivity contribution in [3.8, 4) is 0 Å². The molecule has 30 heavy (non-hydrogen) atoms. The summed E-state index contributed by atoms with van der Waals surface area (Å²) in [6, 6.07) is 3.46. The lowest BCUT2D eigenvalue weighted by Crippen LogP contribution is -2.23. The summed E-state index contributed by atoms with van der Waals surface area (Å²) in [5.41, 5.74) is 12.5. The molecule has 0 amide bonds. The van der Waals surface area contributed by atoms with Crippen molar-refractivity contribution in [1.82, 2.24) is 4.98 Å². The maximum absolute atomic E-state index is 11.3. The summed E-state index contributed by atoms with van der Waals surface area (Å²) >= 11 is 0. The molecule has 7 nitrogen and oxygen atoms in total. The number of aromatic amines is 1. The van der Waals surface area contributed by atoms with Gasteiger partial charge >= 0.3 is 5.97 Å². The summed E-state index contributed by atoms with van der Waals surface area (Å²) < 4.78 is 0. The van der Waals surface area contributed by atoms with Crippen molar-refractivity contribution in [3.05, 3.63) is 45.9 Å². The minimum absolute atomic E-state index is 0.0368. The van der Waals surface area contributed by atoms with Crippen LogP contribution in [0.5, 0.6) is 0 Å². The highest BCUT2D eigenvalue weighted by Crippen LogP contribution is 2.23. The molecule has 0 unspecified atom stereocenters. The number of aliphatic carboxylic acids is 1. The number of nitrogens with zero attached hydrogens (tertiary/aromatic N) is 1. The molecule has 6 N–H and O–H groups in total. The molecular formula is C23H38N4O3. The number of unbranched alkanes of at least 4 members (excludes halogenated alkanes) is 5. The maximum Gasteiger partial charge on any atom is 0.328 e. The van der Waals surface area contributed by atoms with Gasteiger partial charge in [0.1, 0.15) is 0 Å². The Morgan fingerprint density at radius 1 is 1.13 bits per heavy atom. The number of H-pyrrole nitrogens is 1. The van der Waals surface area contributed by atoms with Crippen molar-refractivity contribution in [2.75, 3.05) is 6.54 Å². The quantitative estimate of drug-likeness (QED) is 0.140. The lowest BCUT2D eigenvalue weighted by molar-refractivity contribution is -0.131. The topological polar surface area (TPSA) is 135 Å². The summed E-state index contributed by atoms with van der Waals surface area (Å²) in [6.07, 6.45) is 15.2. The lowest BCUT2D eigenvalue weighted by Gasteiger charge is -2.17. The minimum Gasteiger partial charge on any atom is -0.478 e. The van der Waals surface area contributed by atoms with Crippen LogP contribution in [0.1, 0.15) is 76.7 Å². The van der Waals surface area contributed by atoms with Gasteiger partial charge in [0, 0.05) is 18.3 Å². The van der Waals surface area contributed by atoms with E-state index in [-0.39, 0.29) is 18.1 Å². The Balaban J connectivity index is 2.61. The van der Waals surface area contributed by atoms with Gasteiger partial charge in [-0.1, -0.05) is 57.9 Å². The average Bonchev–Trinajstić information content (AvgIpc) is 2.69. The molecule has 1 rings (SSSR count). The number of carboxylic acid groups (broad SMARTS) is 1. The molecule has 0 aliphatic carbocycles. The first kappa shape index (κ1) is 25.5. The highest BCUT2D eigenvalue weighted by Gasteiger charge is 2.11. The number of aromatic nitrogens is 1. The third-order valence-corrected chi connectivity index (χ3v) is 5.24. The fraction of sp³-hybridized carbons (Fsp3) is 0.609. The van der Waals surface area contributed by atoms with Crippen molar-refractivity contribution < 1.29 is 9.90 Å². The van der Waals surface area contributed by atoms with Gasteiger partial charge in [-0.15, -0.1) is 0 Å². The fourth-order valence-corrected chi connectivity index (χ4v) is 3.65. The molecule has 0 bridgehead atoms. The van der Waals surface area contributed by atoms with E-state index in [1.807, 2.05) is 6.07 Å². The van der Waals surface area contributed by atoms with Gasteiger partial charge in [-0.05, 0) is 42.7 Å². The molecule has 168 valence electrons. The second kappa shape index (κ2) is 15.3.